The molecule has 0 spiro atoms. The first-order valence-corrected chi connectivity index (χ1v) is 9.30. The van der Waals surface area contributed by atoms with E-state index >= 15 is 0 Å². The second-order valence-corrected chi connectivity index (χ2v) is 7.71. The minimum atomic E-state index is -0.0652. The molecule has 0 bridgehead atoms. The number of carbonyl (C=O) groups excluding carboxylic acids is 1. The van der Waals surface area contributed by atoms with Crippen LogP contribution in [0.3, 0.4) is 0 Å². The van der Waals surface area contributed by atoms with E-state index in [0.29, 0.717) is 35.6 Å². The Labute approximate surface area is 151 Å². The lowest BCUT2D eigenvalue weighted by Gasteiger charge is -2.15. The van der Waals surface area contributed by atoms with Crippen LogP contribution < -0.4 is 0 Å². The zero-order valence-electron chi connectivity index (χ0n) is 14.4. The van der Waals surface area contributed by atoms with Crippen molar-refractivity contribution < 1.29 is 4.79 Å². The summed E-state index contributed by atoms with van der Waals surface area (Å²) in [7, 11) is 0. The molecule has 0 aromatic carbocycles. The second kappa shape index (κ2) is 5.90. The van der Waals surface area contributed by atoms with E-state index in [2.05, 4.69) is 15.2 Å². The van der Waals surface area contributed by atoms with Crippen molar-refractivity contribution in [2.45, 2.75) is 37.5 Å². The number of hydrogen-bond acceptors (Lipinski definition) is 5. The van der Waals surface area contributed by atoms with Gasteiger partial charge < -0.3 is 4.90 Å². The van der Waals surface area contributed by atoms with Gasteiger partial charge in [-0.3, -0.25) is 9.89 Å². The van der Waals surface area contributed by atoms with Gasteiger partial charge in [0.2, 0.25) is 0 Å². The summed E-state index contributed by atoms with van der Waals surface area (Å²) in [4.78, 5) is 23.7. The highest BCUT2D eigenvalue weighted by Crippen LogP contribution is 2.47. The standard InChI is InChI=1S/C19H20N6O/c20-7-11-1-6-16(21-8-11)19(26)25-9-14(12-2-3-12)15(10-25)18-22-17(23-24-18)13-4-5-13/h1,6,8,12-15H,2-5,9-10H2,(H,22,23,24)/t14-,15+/m1/s1. The maximum atomic E-state index is 12.9. The van der Waals surface area contributed by atoms with E-state index < -0.39 is 0 Å². The van der Waals surface area contributed by atoms with Crippen LogP contribution in [-0.2, 0) is 0 Å². The molecule has 2 aliphatic carbocycles. The number of aromatic nitrogens is 4. The number of pyridine rings is 1. The molecule has 3 fully saturated rings. The molecule has 1 saturated heterocycles. The fourth-order valence-corrected chi connectivity index (χ4v) is 4.01. The lowest BCUT2D eigenvalue weighted by atomic mass is 9.91. The Kier molecular flexibility index (Phi) is 3.52. The smallest absolute Gasteiger partial charge is 0.272 e. The summed E-state index contributed by atoms with van der Waals surface area (Å²) in [5.41, 5.74) is 0.862. The molecule has 1 amide bonds. The largest absolute Gasteiger partial charge is 0.336 e. The highest BCUT2D eigenvalue weighted by molar-refractivity contribution is 5.92. The third kappa shape index (κ3) is 2.75. The summed E-state index contributed by atoms with van der Waals surface area (Å²) in [6.07, 6.45) is 6.30. The van der Waals surface area contributed by atoms with Crippen LogP contribution >= 0.6 is 0 Å². The normalized spacial score (nSPS) is 25.3. The lowest BCUT2D eigenvalue weighted by Crippen LogP contribution is -2.29. The maximum absolute atomic E-state index is 12.9. The number of likely N-dealkylation sites (tertiary alicyclic amines) is 1. The van der Waals surface area contributed by atoms with E-state index in [9.17, 15) is 4.79 Å². The molecule has 7 heteroatoms. The molecule has 2 saturated carbocycles. The zero-order chi connectivity index (χ0) is 17.7. The Hall–Kier alpha value is -2.75. The molecule has 2 aromatic rings. The van der Waals surface area contributed by atoms with Gasteiger partial charge in [-0.05, 0) is 49.7 Å². The monoisotopic (exact) mass is 348 g/mol. The van der Waals surface area contributed by atoms with E-state index in [4.69, 9.17) is 10.2 Å². The summed E-state index contributed by atoms with van der Waals surface area (Å²) < 4.78 is 0. The van der Waals surface area contributed by atoms with Crippen LogP contribution in [0.4, 0.5) is 0 Å². The number of amides is 1. The van der Waals surface area contributed by atoms with Gasteiger partial charge in [0.1, 0.15) is 17.6 Å². The van der Waals surface area contributed by atoms with Crippen molar-refractivity contribution in [2.24, 2.45) is 11.8 Å². The average Bonchev–Trinajstić information content (AvgIpc) is 3.61. The number of nitriles is 1. The van der Waals surface area contributed by atoms with E-state index in [0.717, 1.165) is 18.2 Å². The van der Waals surface area contributed by atoms with Crippen molar-refractivity contribution in [3.63, 3.8) is 0 Å². The highest BCUT2D eigenvalue weighted by atomic mass is 16.2. The van der Waals surface area contributed by atoms with Crippen LogP contribution in [0.5, 0.6) is 0 Å². The van der Waals surface area contributed by atoms with Crippen molar-refractivity contribution in [1.29, 1.82) is 5.26 Å². The van der Waals surface area contributed by atoms with Gasteiger partial charge in [0.25, 0.3) is 5.91 Å². The Bertz CT molecular complexity index is 874. The molecule has 1 aliphatic heterocycles. The number of nitrogens with zero attached hydrogens (tertiary/aromatic N) is 5. The first kappa shape index (κ1) is 15.5. The minimum Gasteiger partial charge on any atom is -0.336 e. The Morgan fingerprint density at radius 1 is 1.23 bits per heavy atom. The number of aromatic amines is 1. The molecule has 26 heavy (non-hydrogen) atoms. The minimum absolute atomic E-state index is 0.0652. The van der Waals surface area contributed by atoms with E-state index in [1.807, 2.05) is 11.0 Å². The zero-order valence-corrected chi connectivity index (χ0v) is 14.4. The van der Waals surface area contributed by atoms with Crippen LogP contribution in [-0.4, -0.2) is 44.1 Å². The fourth-order valence-electron chi connectivity index (χ4n) is 4.01. The third-order valence-corrected chi connectivity index (χ3v) is 5.81. The lowest BCUT2D eigenvalue weighted by molar-refractivity contribution is 0.0779. The average molecular weight is 348 g/mol. The molecule has 2 atom stereocenters. The fraction of sp³-hybridized carbons (Fsp3) is 0.526. The summed E-state index contributed by atoms with van der Waals surface area (Å²) in [6.45, 7) is 1.40. The first-order valence-electron chi connectivity index (χ1n) is 9.30. The Balaban J connectivity index is 1.36. The number of rotatable bonds is 4. The van der Waals surface area contributed by atoms with Crippen molar-refractivity contribution in [2.75, 3.05) is 13.1 Å². The van der Waals surface area contributed by atoms with Crippen LogP contribution in [0.2, 0.25) is 0 Å². The molecule has 7 nitrogen and oxygen atoms in total. The molecule has 5 rings (SSSR count). The third-order valence-electron chi connectivity index (χ3n) is 5.81. The second-order valence-electron chi connectivity index (χ2n) is 7.71. The van der Waals surface area contributed by atoms with Crippen molar-refractivity contribution >= 4 is 5.91 Å². The maximum Gasteiger partial charge on any atom is 0.272 e. The summed E-state index contributed by atoms with van der Waals surface area (Å²) in [6, 6.07) is 5.31. The van der Waals surface area contributed by atoms with Gasteiger partial charge in [-0.25, -0.2) is 9.97 Å². The molecule has 3 heterocycles. The molecule has 2 aromatic heterocycles. The Morgan fingerprint density at radius 2 is 2.08 bits per heavy atom. The molecule has 0 radical (unpaired) electrons. The summed E-state index contributed by atoms with van der Waals surface area (Å²) in [5, 5.41) is 16.4. The topological polar surface area (TPSA) is 98.6 Å². The van der Waals surface area contributed by atoms with E-state index in [1.165, 1.54) is 31.9 Å². The number of H-pyrrole nitrogens is 1. The molecule has 132 valence electrons. The van der Waals surface area contributed by atoms with Crippen molar-refractivity contribution in [3.05, 3.63) is 41.2 Å². The van der Waals surface area contributed by atoms with Gasteiger partial charge in [0.15, 0.2) is 5.82 Å². The molecular formula is C19H20N6O. The van der Waals surface area contributed by atoms with Gasteiger partial charge in [-0.2, -0.15) is 10.4 Å². The highest BCUT2D eigenvalue weighted by Gasteiger charge is 2.46. The number of nitrogens with one attached hydrogen (secondary N) is 1. The van der Waals surface area contributed by atoms with Crippen LogP contribution in [0.25, 0.3) is 0 Å². The van der Waals surface area contributed by atoms with Crippen molar-refractivity contribution in [3.8, 4) is 6.07 Å². The quantitative estimate of drug-likeness (QED) is 0.913. The van der Waals surface area contributed by atoms with E-state index in [1.54, 1.807) is 12.1 Å². The van der Waals surface area contributed by atoms with Crippen LogP contribution in [0, 0.1) is 23.2 Å². The predicted molar refractivity (Wildman–Crippen MR) is 92.2 cm³/mol. The van der Waals surface area contributed by atoms with Crippen molar-refractivity contribution in [1.82, 2.24) is 25.1 Å². The Morgan fingerprint density at radius 3 is 2.73 bits per heavy atom. The number of carbonyl (C=O) groups is 1. The molecule has 1 N–H and O–H groups in total. The molecular weight excluding hydrogens is 328 g/mol. The summed E-state index contributed by atoms with van der Waals surface area (Å²) in [5.74, 6) is 3.69. The first-order chi connectivity index (χ1) is 12.7. The van der Waals surface area contributed by atoms with E-state index in [-0.39, 0.29) is 11.8 Å². The summed E-state index contributed by atoms with van der Waals surface area (Å²) >= 11 is 0. The predicted octanol–water partition coefficient (Wildman–Crippen LogP) is 2.21. The van der Waals surface area contributed by atoms with Gasteiger partial charge in [-0.1, -0.05) is 0 Å². The van der Waals surface area contributed by atoms with Gasteiger partial charge in [0.05, 0.1) is 5.56 Å². The number of hydrogen-bond donors (Lipinski definition) is 1. The molecule has 0 unspecified atom stereocenters. The molecule has 3 aliphatic rings. The van der Waals surface area contributed by atoms with Gasteiger partial charge in [-0.15, -0.1) is 0 Å². The van der Waals surface area contributed by atoms with Gasteiger partial charge >= 0.3 is 0 Å². The van der Waals surface area contributed by atoms with Gasteiger partial charge in [0, 0.05) is 31.1 Å². The van der Waals surface area contributed by atoms with Crippen LogP contribution in [0.1, 0.15) is 65.2 Å². The SMILES string of the molecule is N#Cc1ccc(C(=O)N2C[C@H](c3nc(C4CC4)n[nH]3)[C@@H](C3CC3)C2)nc1. The van der Waals surface area contributed by atoms with Crippen LogP contribution in [0.15, 0.2) is 18.3 Å².